The summed E-state index contributed by atoms with van der Waals surface area (Å²) in [6.07, 6.45) is -5.61. The maximum atomic E-state index is 14.1. The molecule has 0 bridgehead atoms. The smallest absolute Gasteiger partial charge is 0.311 e. The van der Waals surface area contributed by atoms with Crippen LogP contribution < -0.4 is 0 Å². The number of carbonyl (C=O) groups is 1. The van der Waals surface area contributed by atoms with E-state index in [4.69, 9.17) is 28.4 Å². The van der Waals surface area contributed by atoms with Crippen molar-refractivity contribution >= 4 is 5.97 Å². The van der Waals surface area contributed by atoms with Gasteiger partial charge in [0.05, 0.1) is 41.5 Å². The Balaban J connectivity index is 2.15. The van der Waals surface area contributed by atoms with Crippen molar-refractivity contribution in [3.05, 3.63) is 12.2 Å². The molecular weight excluding hydrogens is 638 g/mol. The van der Waals surface area contributed by atoms with Crippen LogP contribution in [0.1, 0.15) is 88.5 Å². The van der Waals surface area contributed by atoms with Crippen LogP contribution >= 0.6 is 0 Å². The van der Waals surface area contributed by atoms with Crippen molar-refractivity contribution in [2.24, 2.45) is 17.8 Å². The van der Waals surface area contributed by atoms with Gasteiger partial charge < -0.3 is 58.9 Å². The van der Waals surface area contributed by atoms with Gasteiger partial charge in [-0.15, -0.1) is 0 Å². The van der Waals surface area contributed by atoms with E-state index in [9.17, 15) is 30.3 Å². The van der Waals surface area contributed by atoms with Gasteiger partial charge in [0.15, 0.2) is 12.6 Å². The molecule has 0 radical (unpaired) electrons. The van der Waals surface area contributed by atoms with E-state index in [2.05, 4.69) is 0 Å². The maximum absolute atomic E-state index is 14.1. The minimum Gasteiger partial charge on any atom is -0.459 e. The molecule has 3 aliphatic rings. The first-order chi connectivity index (χ1) is 22.6. The molecule has 0 aromatic rings. The van der Waals surface area contributed by atoms with Crippen molar-refractivity contribution in [1.82, 2.24) is 4.90 Å². The highest BCUT2D eigenvalue weighted by molar-refractivity contribution is 5.73. The normalized spacial score (nSPS) is 49.9. The van der Waals surface area contributed by atoms with Crippen molar-refractivity contribution in [2.75, 3.05) is 20.7 Å². The third-order valence-electron chi connectivity index (χ3n) is 11.1. The summed E-state index contributed by atoms with van der Waals surface area (Å²) in [5, 5.41) is 57.1. The largest absolute Gasteiger partial charge is 0.459 e. The second-order valence-electron chi connectivity index (χ2n) is 15.7. The Morgan fingerprint density at radius 3 is 2.16 bits per heavy atom. The minimum absolute atomic E-state index is 0.133. The highest BCUT2D eigenvalue weighted by atomic mass is 16.7. The first-order valence-corrected chi connectivity index (χ1v) is 17.8. The summed E-state index contributed by atoms with van der Waals surface area (Å²) in [7, 11) is 3.33. The molecule has 49 heavy (non-hydrogen) atoms. The third-order valence-corrected chi connectivity index (χ3v) is 11.1. The zero-order valence-corrected chi connectivity index (χ0v) is 31.6. The summed E-state index contributed by atoms with van der Waals surface area (Å²) < 4.78 is 36.9. The molecule has 0 aliphatic carbocycles. The first-order valence-electron chi connectivity index (χ1n) is 17.8. The Morgan fingerprint density at radius 2 is 1.57 bits per heavy atom. The van der Waals surface area contributed by atoms with Crippen molar-refractivity contribution in [1.29, 1.82) is 0 Å². The molecule has 0 saturated carbocycles. The van der Waals surface area contributed by atoms with Crippen LogP contribution in [-0.4, -0.2) is 141 Å². The van der Waals surface area contributed by atoms with Gasteiger partial charge in [0.2, 0.25) is 0 Å². The van der Waals surface area contributed by atoms with E-state index < -0.39 is 96.0 Å². The third kappa shape index (κ3) is 9.61. The number of esters is 1. The molecule has 0 amide bonds. The van der Waals surface area contributed by atoms with Gasteiger partial charge in [0.25, 0.3) is 0 Å². The zero-order chi connectivity index (χ0) is 37.2. The van der Waals surface area contributed by atoms with Crippen LogP contribution in [0.15, 0.2) is 12.2 Å². The predicted molar refractivity (Wildman–Crippen MR) is 181 cm³/mol. The number of likely N-dealkylation sites (N-methyl/N-ethyl adjacent to an activating group) is 1. The topological polar surface area (TPSA) is 177 Å². The fourth-order valence-electron chi connectivity index (χ4n) is 7.89. The SMILES string of the molecule is CC[C@H]1OC(=O)[C@H](C)[C@@H](O[C@H]2C[C@@](C)(OC)[C@@H](O)[C@H](C)O2)[C@H](C)[C@@H](O[C@@H]2O[C@H](C)C=C[C@H]2O)C(C)(O)C[C@@H](C)CN(C)[C@H](C)[C@@H](O)[C@]1(C)O. The lowest BCUT2D eigenvalue weighted by atomic mass is 9.77. The highest BCUT2D eigenvalue weighted by Gasteiger charge is 2.52. The Labute approximate surface area is 292 Å². The summed E-state index contributed by atoms with van der Waals surface area (Å²) in [5.41, 5.74) is -4.35. The molecular formula is C36H65NO12. The second kappa shape index (κ2) is 16.6. The summed E-state index contributed by atoms with van der Waals surface area (Å²) in [6.45, 7) is 17.8. The lowest BCUT2D eigenvalue weighted by molar-refractivity contribution is -0.309. The van der Waals surface area contributed by atoms with E-state index in [0.717, 1.165) is 0 Å². The molecule has 0 aromatic heterocycles. The van der Waals surface area contributed by atoms with Gasteiger partial charge in [-0.3, -0.25) is 4.79 Å². The number of carbonyl (C=O) groups excluding carboxylic acids is 1. The van der Waals surface area contributed by atoms with Gasteiger partial charge in [-0.1, -0.05) is 32.9 Å². The zero-order valence-electron chi connectivity index (χ0n) is 31.6. The monoisotopic (exact) mass is 703 g/mol. The van der Waals surface area contributed by atoms with Crippen molar-refractivity contribution in [3.63, 3.8) is 0 Å². The van der Waals surface area contributed by atoms with Crippen LogP contribution in [0, 0.1) is 17.8 Å². The van der Waals surface area contributed by atoms with Crippen LogP contribution in [0.4, 0.5) is 0 Å². The average Bonchev–Trinajstić information content (AvgIpc) is 3.02. The molecule has 0 aromatic carbocycles. The summed E-state index contributed by atoms with van der Waals surface area (Å²) in [4.78, 5) is 16.0. The van der Waals surface area contributed by atoms with Gasteiger partial charge in [-0.2, -0.15) is 0 Å². The van der Waals surface area contributed by atoms with Crippen molar-refractivity contribution < 1.29 is 58.7 Å². The lowest BCUT2D eigenvalue weighted by Gasteiger charge is -2.47. The van der Waals surface area contributed by atoms with Gasteiger partial charge in [-0.25, -0.2) is 0 Å². The van der Waals surface area contributed by atoms with Gasteiger partial charge in [-0.05, 0) is 74.3 Å². The van der Waals surface area contributed by atoms with Crippen molar-refractivity contribution in [2.45, 2.75) is 173 Å². The number of ether oxygens (including phenoxy) is 6. The molecule has 1 unspecified atom stereocenters. The number of aliphatic hydroxyl groups is 5. The van der Waals surface area contributed by atoms with Crippen LogP contribution in [0.2, 0.25) is 0 Å². The quantitative estimate of drug-likeness (QED) is 0.201. The summed E-state index contributed by atoms with van der Waals surface area (Å²) in [5.74, 6) is -2.57. The molecule has 286 valence electrons. The molecule has 2 fully saturated rings. The van der Waals surface area contributed by atoms with E-state index >= 15 is 0 Å². The number of cyclic esters (lactones) is 1. The second-order valence-corrected chi connectivity index (χ2v) is 15.7. The van der Waals surface area contributed by atoms with E-state index in [0.29, 0.717) is 6.54 Å². The molecule has 3 heterocycles. The summed E-state index contributed by atoms with van der Waals surface area (Å²) >= 11 is 0. The Bertz CT molecular complexity index is 1100. The van der Waals surface area contributed by atoms with Crippen LogP contribution in [0.3, 0.4) is 0 Å². The maximum Gasteiger partial charge on any atom is 0.311 e. The molecule has 13 nitrogen and oxygen atoms in total. The molecule has 5 N–H and O–H groups in total. The van der Waals surface area contributed by atoms with Gasteiger partial charge >= 0.3 is 5.97 Å². The van der Waals surface area contributed by atoms with E-state index in [1.807, 2.05) is 25.8 Å². The molecule has 17 atom stereocenters. The molecule has 3 rings (SSSR count). The lowest BCUT2D eigenvalue weighted by Crippen LogP contribution is -2.59. The molecule has 3 aliphatic heterocycles. The number of hydrogen-bond donors (Lipinski definition) is 5. The van der Waals surface area contributed by atoms with Crippen LogP contribution in [-0.2, 0) is 33.2 Å². The Hall–Kier alpha value is -1.23. The fourth-order valence-corrected chi connectivity index (χ4v) is 7.89. The van der Waals surface area contributed by atoms with Gasteiger partial charge in [0.1, 0.15) is 30.0 Å². The highest BCUT2D eigenvalue weighted by Crippen LogP contribution is 2.39. The number of methoxy groups -OCH3 is 1. The van der Waals surface area contributed by atoms with E-state index in [1.54, 1.807) is 60.6 Å². The number of rotatable bonds is 6. The molecule has 2 saturated heterocycles. The van der Waals surface area contributed by atoms with E-state index in [1.165, 1.54) is 14.0 Å². The molecule has 13 heteroatoms. The van der Waals surface area contributed by atoms with Crippen LogP contribution in [0.5, 0.6) is 0 Å². The Kier molecular flexibility index (Phi) is 14.3. The fraction of sp³-hybridized carbons (Fsp3) is 0.917. The minimum atomic E-state index is -1.79. The predicted octanol–water partition coefficient (Wildman–Crippen LogP) is 2.14. The Morgan fingerprint density at radius 1 is 0.939 bits per heavy atom. The van der Waals surface area contributed by atoms with Gasteiger partial charge in [0, 0.05) is 32.0 Å². The number of nitrogens with zero attached hydrogens (tertiary/aromatic N) is 1. The number of aliphatic hydroxyl groups excluding tert-OH is 3. The van der Waals surface area contributed by atoms with Crippen LogP contribution in [0.25, 0.3) is 0 Å². The van der Waals surface area contributed by atoms with E-state index in [-0.39, 0.29) is 31.3 Å². The summed E-state index contributed by atoms with van der Waals surface area (Å²) in [6, 6.07) is -0.533. The molecule has 0 spiro atoms. The first kappa shape index (κ1) is 42.2. The van der Waals surface area contributed by atoms with Crippen molar-refractivity contribution in [3.8, 4) is 0 Å². The number of hydrogen-bond acceptors (Lipinski definition) is 13. The average molecular weight is 704 g/mol. The standard InChI is InChI=1S/C36H65NO12/c1-13-26-36(10,43)29(39)23(6)37(11)18-19(2)16-34(8,42)31(49-33-25(38)15-14-20(3)45-33)21(4)28(22(5)32(41)47-26)48-27-17-35(9,44-12)30(40)24(7)46-27/h14-15,19-31,33,38-40,42-43H,13,16-18H2,1-12H3/t19-,20-,21+,22-,23-,24+,25-,26-,27+,28+,29-,30+,31-,33+,34?,35-,36-/m1/s1.